The van der Waals surface area contributed by atoms with E-state index in [-0.39, 0.29) is 24.0 Å². The van der Waals surface area contributed by atoms with E-state index in [1.807, 2.05) is 45.0 Å². The fourth-order valence-corrected chi connectivity index (χ4v) is 5.20. The number of carbonyl (C=O) groups excluding carboxylic acids is 3. The Kier molecular flexibility index (Phi) is 8.53. The smallest absolute Gasteiger partial charge is 0.337 e. The summed E-state index contributed by atoms with van der Waals surface area (Å²) in [5, 5.41) is 3.22. The summed E-state index contributed by atoms with van der Waals surface area (Å²) < 4.78 is 10.9. The van der Waals surface area contributed by atoms with Gasteiger partial charge in [-0.3, -0.25) is 9.59 Å². The van der Waals surface area contributed by atoms with Crippen LogP contribution in [0, 0.1) is 5.41 Å². The first kappa shape index (κ1) is 27.8. The number of methoxy groups -OCH3 is 1. The number of esters is 1. The minimum absolute atomic E-state index is 0.0750. The van der Waals surface area contributed by atoms with Gasteiger partial charge in [-0.05, 0) is 53.5 Å². The summed E-state index contributed by atoms with van der Waals surface area (Å²) in [6.07, 6.45) is 2.95. The number of likely N-dealkylation sites (tertiary alicyclic amines) is 1. The Morgan fingerprint density at radius 1 is 1.11 bits per heavy atom. The van der Waals surface area contributed by atoms with Gasteiger partial charge in [0.25, 0.3) is 0 Å². The van der Waals surface area contributed by atoms with E-state index in [4.69, 9.17) is 15.2 Å². The minimum atomic E-state index is -0.738. The van der Waals surface area contributed by atoms with Crippen molar-refractivity contribution in [1.82, 2.24) is 10.2 Å². The normalized spacial score (nSPS) is 21.9. The predicted octanol–water partition coefficient (Wildman–Crippen LogP) is 3.53. The number of nitrogens with one attached hydrogen (secondary N) is 1. The third kappa shape index (κ3) is 6.25. The first-order valence-electron chi connectivity index (χ1n) is 13.3. The van der Waals surface area contributed by atoms with Crippen LogP contribution in [0.1, 0.15) is 73.1 Å². The molecule has 1 heterocycles. The highest BCUT2D eigenvalue weighted by Crippen LogP contribution is 2.31. The topological polar surface area (TPSA) is 111 Å². The second kappa shape index (κ2) is 11.7. The highest BCUT2D eigenvalue weighted by atomic mass is 16.5. The number of nitrogens with two attached hydrogens (primary N) is 1. The third-order valence-corrected chi connectivity index (χ3v) is 7.59. The molecule has 1 fully saturated rings. The first-order valence-corrected chi connectivity index (χ1v) is 13.3. The van der Waals surface area contributed by atoms with Gasteiger partial charge in [0.1, 0.15) is 6.04 Å². The van der Waals surface area contributed by atoms with Gasteiger partial charge in [-0.2, -0.15) is 0 Å². The number of rotatable bonds is 7. The molecule has 1 aliphatic heterocycles. The van der Waals surface area contributed by atoms with Crippen LogP contribution in [0.4, 0.5) is 0 Å². The van der Waals surface area contributed by atoms with Crippen LogP contribution in [0.3, 0.4) is 0 Å². The molecule has 1 saturated heterocycles. The molecule has 2 amide bonds. The van der Waals surface area contributed by atoms with Gasteiger partial charge in [0.05, 0.1) is 37.5 Å². The van der Waals surface area contributed by atoms with Crippen molar-refractivity contribution >= 4 is 17.8 Å². The Hall–Kier alpha value is -3.23. The fourth-order valence-electron chi connectivity index (χ4n) is 5.20. The number of nitrogens with zero attached hydrogens (tertiary/aromatic N) is 1. The molecule has 38 heavy (non-hydrogen) atoms. The molecule has 8 nitrogen and oxygen atoms in total. The lowest BCUT2D eigenvalue weighted by atomic mass is 9.86. The Morgan fingerprint density at radius 2 is 1.82 bits per heavy atom. The van der Waals surface area contributed by atoms with Gasteiger partial charge >= 0.3 is 5.97 Å². The van der Waals surface area contributed by atoms with Crippen LogP contribution in [0.25, 0.3) is 0 Å². The average Bonchev–Trinajstić information content (AvgIpc) is 3.35. The lowest BCUT2D eigenvalue weighted by Gasteiger charge is -2.33. The third-order valence-electron chi connectivity index (χ3n) is 7.59. The standard InChI is InChI=1S/C30H39N3O5/c1-30(2,3)26(31)28(35)33-17-22(38-18-19-12-14-21(15-13-19)29(36)37-4)16-25(33)27(34)32-24-11-7-9-20-8-5-6-10-23(20)24/h5-6,8,10,12-15,22,24-26H,7,9,11,16-18,31H2,1-4H3,(H,32,34)/t22?,24?,25-,26+/m0/s1. The van der Waals surface area contributed by atoms with Crippen LogP contribution in [-0.4, -0.2) is 54.5 Å². The molecular formula is C30H39N3O5. The van der Waals surface area contributed by atoms with Crippen molar-refractivity contribution in [2.45, 2.75) is 77.3 Å². The van der Waals surface area contributed by atoms with E-state index in [1.54, 1.807) is 17.0 Å². The van der Waals surface area contributed by atoms with Crippen molar-refractivity contribution in [1.29, 1.82) is 0 Å². The van der Waals surface area contributed by atoms with Crippen molar-refractivity contribution < 1.29 is 23.9 Å². The Balaban J connectivity index is 1.47. The van der Waals surface area contributed by atoms with E-state index in [9.17, 15) is 14.4 Å². The summed E-state index contributed by atoms with van der Waals surface area (Å²) >= 11 is 0. The number of hydrogen-bond acceptors (Lipinski definition) is 6. The molecule has 2 unspecified atom stereocenters. The molecule has 0 spiro atoms. The van der Waals surface area contributed by atoms with E-state index in [0.29, 0.717) is 25.1 Å². The average molecular weight is 522 g/mol. The van der Waals surface area contributed by atoms with Gasteiger partial charge in [0.2, 0.25) is 11.8 Å². The number of amides is 2. The van der Waals surface area contributed by atoms with Gasteiger partial charge < -0.3 is 25.4 Å². The van der Waals surface area contributed by atoms with Gasteiger partial charge in [0.15, 0.2) is 0 Å². The van der Waals surface area contributed by atoms with Gasteiger partial charge in [-0.25, -0.2) is 4.79 Å². The molecule has 4 rings (SSSR count). The zero-order chi connectivity index (χ0) is 27.4. The van der Waals surface area contributed by atoms with E-state index in [2.05, 4.69) is 17.4 Å². The minimum Gasteiger partial charge on any atom is -0.465 e. The second-order valence-electron chi connectivity index (χ2n) is 11.4. The summed E-state index contributed by atoms with van der Waals surface area (Å²) in [5.41, 5.74) is 9.66. The largest absolute Gasteiger partial charge is 0.465 e. The van der Waals surface area contributed by atoms with Gasteiger partial charge in [0, 0.05) is 13.0 Å². The lowest BCUT2D eigenvalue weighted by Crippen LogP contribution is -2.55. The Morgan fingerprint density at radius 3 is 2.50 bits per heavy atom. The molecule has 0 aromatic heterocycles. The Bertz CT molecular complexity index is 1160. The molecule has 8 heteroatoms. The molecule has 2 aromatic carbocycles. The highest BCUT2D eigenvalue weighted by Gasteiger charge is 2.44. The molecule has 2 aliphatic rings. The maximum Gasteiger partial charge on any atom is 0.337 e. The quantitative estimate of drug-likeness (QED) is 0.540. The molecule has 1 aliphatic carbocycles. The van der Waals surface area contributed by atoms with Crippen molar-refractivity contribution in [2.75, 3.05) is 13.7 Å². The Labute approximate surface area is 224 Å². The SMILES string of the molecule is COC(=O)c1ccc(COC2C[C@@H](C(=O)NC3CCCc4ccccc43)N(C(=O)[C@@H](N)C(C)(C)C)C2)cc1. The van der Waals surface area contributed by atoms with E-state index < -0.39 is 23.5 Å². The highest BCUT2D eigenvalue weighted by molar-refractivity contribution is 5.91. The molecule has 3 N–H and O–H groups in total. The number of carbonyl (C=O) groups is 3. The number of ether oxygens (including phenoxy) is 2. The molecule has 0 saturated carbocycles. The lowest BCUT2D eigenvalue weighted by molar-refractivity contribution is -0.141. The van der Waals surface area contributed by atoms with Gasteiger partial charge in [-0.1, -0.05) is 57.2 Å². The summed E-state index contributed by atoms with van der Waals surface area (Å²) in [6.45, 7) is 6.36. The van der Waals surface area contributed by atoms with E-state index in [1.165, 1.54) is 12.7 Å². The van der Waals surface area contributed by atoms with Crippen molar-refractivity contribution in [3.05, 3.63) is 70.8 Å². The maximum atomic E-state index is 13.6. The van der Waals surface area contributed by atoms with Crippen molar-refractivity contribution in [2.24, 2.45) is 11.1 Å². The molecular weight excluding hydrogens is 482 g/mol. The van der Waals surface area contributed by atoms with Gasteiger partial charge in [-0.15, -0.1) is 0 Å². The van der Waals surface area contributed by atoms with Crippen LogP contribution >= 0.6 is 0 Å². The summed E-state index contributed by atoms with van der Waals surface area (Å²) in [4.78, 5) is 40.4. The monoisotopic (exact) mass is 521 g/mol. The molecule has 2 aromatic rings. The first-order chi connectivity index (χ1) is 18.1. The second-order valence-corrected chi connectivity index (χ2v) is 11.4. The summed E-state index contributed by atoms with van der Waals surface area (Å²) in [5.74, 6) is -0.808. The maximum absolute atomic E-state index is 13.6. The van der Waals surface area contributed by atoms with Crippen LogP contribution < -0.4 is 11.1 Å². The van der Waals surface area contributed by atoms with Crippen LogP contribution in [0.5, 0.6) is 0 Å². The van der Waals surface area contributed by atoms with Crippen LogP contribution in [0.2, 0.25) is 0 Å². The van der Waals surface area contributed by atoms with Crippen molar-refractivity contribution in [3.8, 4) is 0 Å². The zero-order valence-corrected chi connectivity index (χ0v) is 22.7. The summed E-state index contributed by atoms with van der Waals surface area (Å²) in [6, 6.07) is 13.7. The number of hydrogen-bond donors (Lipinski definition) is 2. The zero-order valence-electron chi connectivity index (χ0n) is 22.7. The molecule has 0 bridgehead atoms. The molecule has 4 atom stereocenters. The van der Waals surface area contributed by atoms with E-state index >= 15 is 0 Å². The number of benzene rings is 2. The van der Waals surface area contributed by atoms with Crippen LogP contribution in [0.15, 0.2) is 48.5 Å². The number of fused-ring (bicyclic) bond motifs is 1. The molecule has 0 radical (unpaired) electrons. The van der Waals surface area contributed by atoms with Crippen LogP contribution in [-0.2, 0) is 32.1 Å². The fraction of sp³-hybridized carbons (Fsp3) is 0.500. The van der Waals surface area contributed by atoms with Crippen molar-refractivity contribution in [3.63, 3.8) is 0 Å². The summed E-state index contributed by atoms with van der Waals surface area (Å²) in [7, 11) is 1.34. The van der Waals surface area contributed by atoms with E-state index in [0.717, 1.165) is 30.4 Å². The number of aryl methyl sites for hydroxylation is 1. The predicted molar refractivity (Wildman–Crippen MR) is 144 cm³/mol. The molecule has 204 valence electrons.